The van der Waals surface area contributed by atoms with E-state index in [-0.39, 0.29) is 6.17 Å². The highest BCUT2D eigenvalue weighted by atomic mass is 16.5. The molecule has 0 saturated carbocycles. The van der Waals surface area contributed by atoms with Gasteiger partial charge in [-0.3, -0.25) is 0 Å². The van der Waals surface area contributed by atoms with Crippen LogP contribution in [0.25, 0.3) is 21.5 Å². The van der Waals surface area contributed by atoms with Gasteiger partial charge in [-0.25, -0.2) is 9.98 Å². The molecule has 5 aromatic carbocycles. The molecule has 0 spiro atoms. The maximum atomic E-state index is 10.4. The Morgan fingerprint density at radius 3 is 1.95 bits per heavy atom. The third-order valence-electron chi connectivity index (χ3n) is 8.14. The van der Waals surface area contributed by atoms with E-state index in [0.29, 0.717) is 13.3 Å². The van der Waals surface area contributed by atoms with Gasteiger partial charge < -0.3 is 15.1 Å². The summed E-state index contributed by atoms with van der Waals surface area (Å²) in [7, 11) is 0.399. The van der Waals surface area contributed by atoms with Crippen molar-refractivity contribution in [2.24, 2.45) is 9.98 Å². The van der Waals surface area contributed by atoms with Gasteiger partial charge in [-0.2, -0.15) is 0 Å². The molecule has 204 valence electrons. The Hall–Kier alpha value is -4.26. The Kier molecular flexibility index (Phi) is 6.98. The number of fused-ring (bicyclic) bond motifs is 2. The van der Waals surface area contributed by atoms with Crippen LogP contribution in [0.1, 0.15) is 50.6 Å². The van der Waals surface area contributed by atoms with Crippen molar-refractivity contribution < 1.29 is 9.76 Å². The Labute approximate surface area is 241 Å². The fourth-order valence-corrected chi connectivity index (χ4v) is 4.80. The standard InChI is InChI=1S/C35H34BN3O2/c1-34(2,40)35(3,4)41-36-30-19-17-25(18-20-30)31-37-32(28-15-13-23-9-5-7-11-26(23)21-28)39-33(38-31)29-16-14-24-10-6-8-12-27(24)22-29/h5-22,32,36,40H,1-4H3,(H,37,38,39). The molecular weight excluding hydrogens is 505 g/mol. The fourth-order valence-electron chi connectivity index (χ4n) is 4.80. The Morgan fingerprint density at radius 1 is 0.707 bits per heavy atom. The van der Waals surface area contributed by atoms with Crippen LogP contribution in [0.4, 0.5) is 0 Å². The lowest BCUT2D eigenvalue weighted by atomic mass is 9.82. The lowest BCUT2D eigenvalue weighted by Gasteiger charge is -2.37. The zero-order chi connectivity index (χ0) is 28.6. The molecule has 5 aromatic rings. The summed E-state index contributed by atoms with van der Waals surface area (Å²) >= 11 is 0. The number of aliphatic hydroxyl groups is 1. The molecule has 1 heterocycles. The first-order valence-corrected chi connectivity index (χ1v) is 14.0. The first-order chi connectivity index (χ1) is 19.7. The molecule has 41 heavy (non-hydrogen) atoms. The van der Waals surface area contributed by atoms with E-state index in [1.54, 1.807) is 13.8 Å². The molecule has 1 aliphatic rings. The average Bonchev–Trinajstić information content (AvgIpc) is 2.99. The minimum absolute atomic E-state index is 0.288. The number of benzene rings is 5. The molecule has 1 aliphatic heterocycles. The Morgan fingerprint density at radius 2 is 1.29 bits per heavy atom. The number of hydrogen-bond donors (Lipinski definition) is 2. The zero-order valence-electron chi connectivity index (χ0n) is 23.9. The molecule has 1 unspecified atom stereocenters. The van der Waals surface area contributed by atoms with E-state index >= 15 is 0 Å². The molecule has 2 N–H and O–H groups in total. The van der Waals surface area contributed by atoms with Crippen LogP contribution in [-0.2, 0) is 4.65 Å². The second-order valence-corrected chi connectivity index (χ2v) is 11.7. The van der Waals surface area contributed by atoms with Crippen molar-refractivity contribution in [3.63, 3.8) is 0 Å². The van der Waals surface area contributed by atoms with E-state index < -0.39 is 11.2 Å². The molecule has 0 aliphatic carbocycles. The van der Waals surface area contributed by atoms with Crippen molar-refractivity contribution >= 4 is 46.2 Å². The van der Waals surface area contributed by atoms with Crippen molar-refractivity contribution in [3.8, 4) is 0 Å². The van der Waals surface area contributed by atoms with Crippen LogP contribution in [0.3, 0.4) is 0 Å². The summed E-state index contributed by atoms with van der Waals surface area (Å²) in [5, 5.41) is 18.8. The van der Waals surface area contributed by atoms with Crippen LogP contribution in [0.5, 0.6) is 0 Å². The number of rotatable bonds is 7. The predicted octanol–water partition coefficient (Wildman–Crippen LogP) is 6.03. The molecular formula is C35H34BN3O2. The average molecular weight is 539 g/mol. The molecule has 6 rings (SSSR count). The molecule has 0 saturated heterocycles. The van der Waals surface area contributed by atoms with Crippen LogP contribution in [0.2, 0.25) is 0 Å². The number of aliphatic imine (C=N–C) groups is 2. The lowest BCUT2D eigenvalue weighted by molar-refractivity contribution is -0.0893. The topological polar surface area (TPSA) is 66.2 Å². The van der Waals surface area contributed by atoms with Gasteiger partial charge in [0.2, 0.25) is 0 Å². The van der Waals surface area contributed by atoms with E-state index in [1.807, 2.05) is 38.1 Å². The maximum absolute atomic E-state index is 10.4. The third kappa shape index (κ3) is 5.67. The van der Waals surface area contributed by atoms with Gasteiger partial charge in [0, 0.05) is 11.1 Å². The van der Waals surface area contributed by atoms with Crippen molar-refractivity contribution in [2.45, 2.75) is 45.1 Å². The largest absolute Gasteiger partial charge is 0.427 e. The summed E-state index contributed by atoms with van der Waals surface area (Å²) in [6, 6.07) is 37.8. The molecule has 1 atom stereocenters. The normalized spacial score (nSPS) is 15.8. The molecule has 0 amide bonds. The maximum Gasteiger partial charge on any atom is 0.309 e. The second kappa shape index (κ2) is 10.6. The summed E-state index contributed by atoms with van der Waals surface area (Å²) in [5.74, 6) is 1.47. The summed E-state index contributed by atoms with van der Waals surface area (Å²) in [6.07, 6.45) is -0.288. The summed E-state index contributed by atoms with van der Waals surface area (Å²) in [4.78, 5) is 10.1. The third-order valence-corrected chi connectivity index (χ3v) is 8.14. The highest BCUT2D eigenvalue weighted by Crippen LogP contribution is 2.27. The lowest BCUT2D eigenvalue weighted by Crippen LogP contribution is -2.49. The van der Waals surface area contributed by atoms with Gasteiger partial charge in [0.1, 0.15) is 12.0 Å². The van der Waals surface area contributed by atoms with E-state index in [4.69, 9.17) is 14.6 Å². The van der Waals surface area contributed by atoms with Crippen molar-refractivity contribution in [1.29, 1.82) is 0 Å². The van der Waals surface area contributed by atoms with Crippen LogP contribution in [0.15, 0.2) is 119 Å². The van der Waals surface area contributed by atoms with Gasteiger partial charge in [0.05, 0.1) is 11.2 Å². The van der Waals surface area contributed by atoms with E-state index in [2.05, 4.69) is 90.2 Å². The fraction of sp³-hybridized carbons (Fsp3) is 0.200. The van der Waals surface area contributed by atoms with Crippen LogP contribution < -0.4 is 10.8 Å². The van der Waals surface area contributed by atoms with Gasteiger partial charge in [-0.15, -0.1) is 0 Å². The smallest absolute Gasteiger partial charge is 0.309 e. The SMILES string of the molecule is CC(C)(O)C(C)(C)OBc1ccc(C2=NC(c3ccc4ccccc4c3)NC(c3ccc4ccccc4c3)=N2)cc1. The van der Waals surface area contributed by atoms with Crippen LogP contribution in [-0.4, -0.2) is 35.5 Å². The highest BCUT2D eigenvalue weighted by molar-refractivity contribution is 6.47. The monoisotopic (exact) mass is 539 g/mol. The molecule has 6 heteroatoms. The second-order valence-electron chi connectivity index (χ2n) is 11.7. The first kappa shape index (κ1) is 26.9. The minimum Gasteiger partial charge on any atom is -0.427 e. The molecule has 0 fully saturated rings. The summed E-state index contributed by atoms with van der Waals surface area (Å²) < 4.78 is 6.07. The Bertz CT molecular complexity index is 1790. The summed E-state index contributed by atoms with van der Waals surface area (Å²) in [6.45, 7) is 7.34. The highest BCUT2D eigenvalue weighted by Gasteiger charge is 2.35. The first-order valence-electron chi connectivity index (χ1n) is 14.0. The van der Waals surface area contributed by atoms with Crippen LogP contribution >= 0.6 is 0 Å². The molecule has 5 nitrogen and oxygen atoms in total. The van der Waals surface area contributed by atoms with Crippen molar-refractivity contribution in [2.75, 3.05) is 0 Å². The van der Waals surface area contributed by atoms with Gasteiger partial charge >= 0.3 is 7.48 Å². The zero-order valence-corrected chi connectivity index (χ0v) is 23.9. The van der Waals surface area contributed by atoms with Crippen LogP contribution in [0, 0.1) is 0 Å². The number of amidine groups is 2. The predicted molar refractivity (Wildman–Crippen MR) is 172 cm³/mol. The van der Waals surface area contributed by atoms with E-state index in [9.17, 15) is 5.11 Å². The van der Waals surface area contributed by atoms with Gasteiger partial charge in [-0.05, 0) is 66.9 Å². The Balaban J connectivity index is 1.35. The number of nitrogens with zero attached hydrogens (tertiary/aromatic N) is 2. The van der Waals surface area contributed by atoms with Gasteiger partial charge in [-0.1, -0.05) is 103 Å². The van der Waals surface area contributed by atoms with E-state index in [1.165, 1.54) is 21.5 Å². The van der Waals surface area contributed by atoms with Gasteiger partial charge in [0.25, 0.3) is 0 Å². The van der Waals surface area contributed by atoms with Crippen molar-refractivity contribution in [1.82, 2.24) is 5.32 Å². The molecule has 0 aromatic heterocycles. The minimum atomic E-state index is -0.956. The quantitative estimate of drug-likeness (QED) is 0.248. The number of nitrogens with one attached hydrogen (secondary N) is 1. The summed E-state index contributed by atoms with van der Waals surface area (Å²) in [5.41, 5.74) is 2.40. The molecule has 0 bridgehead atoms. The van der Waals surface area contributed by atoms with Gasteiger partial charge in [0.15, 0.2) is 5.84 Å². The van der Waals surface area contributed by atoms with Crippen molar-refractivity contribution in [3.05, 3.63) is 126 Å². The van der Waals surface area contributed by atoms with E-state index in [0.717, 1.165) is 28.0 Å². The molecule has 0 radical (unpaired) electrons. The number of hydrogen-bond acceptors (Lipinski definition) is 5.